The Morgan fingerprint density at radius 1 is 1.00 bits per heavy atom. The largest absolute Gasteiger partial charge is 2.00 e. The van der Waals surface area contributed by atoms with Crippen molar-refractivity contribution in [2.24, 2.45) is 21.8 Å². The molecule has 0 saturated carbocycles. The van der Waals surface area contributed by atoms with Crippen LogP contribution >= 0.6 is 0 Å². The van der Waals surface area contributed by atoms with Crippen molar-refractivity contribution in [2.45, 2.75) is 25.9 Å². The molecule has 0 aliphatic rings. The van der Waals surface area contributed by atoms with Crippen molar-refractivity contribution >= 4 is 49.5 Å². The van der Waals surface area contributed by atoms with E-state index in [4.69, 9.17) is 21.9 Å². The Bertz CT molecular complexity index is 185. The summed E-state index contributed by atoms with van der Waals surface area (Å²) in [6, 6.07) is -1.38. The molecule has 15 heavy (non-hydrogen) atoms. The van der Waals surface area contributed by atoms with Crippen LogP contribution in [0.2, 0.25) is 0 Å². The van der Waals surface area contributed by atoms with Gasteiger partial charge in [0, 0.05) is 23.9 Å². The predicted molar refractivity (Wildman–Crippen MR) is 51.5 cm³/mol. The molecular formula is C6H14CaN4O4. The minimum absolute atomic E-state index is 0. The standard InChI is InChI=1S/2C3H8N2O2.Ca/c2*1-2(4)3(6)5-7;/h2*2,7H,4H2,1H3,(H,5,6);/q;;+2/p-2/t2*2-;/m00./s1. The number of nitrogens with zero attached hydrogens (tertiary/aromatic N) is 2. The Morgan fingerprint density at radius 3 is 1.20 bits per heavy atom. The molecule has 0 unspecified atom stereocenters. The van der Waals surface area contributed by atoms with Crippen LogP contribution in [0.5, 0.6) is 0 Å². The topological polar surface area (TPSA) is 163 Å². The van der Waals surface area contributed by atoms with Crippen molar-refractivity contribution in [2.75, 3.05) is 0 Å². The molecule has 0 aromatic heterocycles. The van der Waals surface area contributed by atoms with Gasteiger partial charge in [0.2, 0.25) is 0 Å². The SMILES string of the molecule is C[C@H](N)C([O-])=NO.C[C@H](N)C([O-])=NO.[Ca+2]. The summed E-state index contributed by atoms with van der Waals surface area (Å²) in [5.74, 6) is -1.39. The third-order valence-electron chi connectivity index (χ3n) is 0.976. The van der Waals surface area contributed by atoms with Gasteiger partial charge in [-0.15, -0.1) is 10.3 Å². The van der Waals surface area contributed by atoms with Crippen molar-refractivity contribution in [1.29, 1.82) is 0 Å². The average molecular weight is 246 g/mol. The fraction of sp³-hybridized carbons (Fsp3) is 0.667. The predicted octanol–water partition coefficient (Wildman–Crippen LogP) is -3.42. The fourth-order valence-electron chi connectivity index (χ4n) is 0.182. The minimum Gasteiger partial charge on any atom is -0.858 e. The summed E-state index contributed by atoms with van der Waals surface area (Å²) in [7, 11) is 0. The smallest absolute Gasteiger partial charge is 0.858 e. The summed E-state index contributed by atoms with van der Waals surface area (Å²) in [4.78, 5) is 0. The van der Waals surface area contributed by atoms with Gasteiger partial charge < -0.3 is 32.1 Å². The van der Waals surface area contributed by atoms with E-state index in [2.05, 4.69) is 10.3 Å². The van der Waals surface area contributed by atoms with E-state index < -0.39 is 23.9 Å². The molecular weight excluding hydrogens is 232 g/mol. The van der Waals surface area contributed by atoms with Gasteiger partial charge in [-0.1, -0.05) is 0 Å². The third-order valence-corrected chi connectivity index (χ3v) is 0.976. The average Bonchev–Trinajstić information content (AvgIpc) is 2.15. The van der Waals surface area contributed by atoms with Gasteiger partial charge in [-0.3, -0.25) is 0 Å². The zero-order chi connectivity index (χ0) is 11.7. The summed E-state index contributed by atoms with van der Waals surface area (Å²) < 4.78 is 0. The van der Waals surface area contributed by atoms with Crippen LogP contribution in [-0.4, -0.2) is 72.0 Å². The number of nitrogens with two attached hydrogens (primary N) is 2. The van der Waals surface area contributed by atoms with Crippen LogP contribution < -0.4 is 21.7 Å². The Kier molecular flexibility index (Phi) is 15.9. The summed E-state index contributed by atoms with van der Waals surface area (Å²) in [5.41, 5.74) is 9.89. The molecule has 0 bridgehead atoms. The summed E-state index contributed by atoms with van der Waals surface area (Å²) in [6.07, 6.45) is 0. The number of rotatable bonds is 2. The first-order chi connectivity index (χ1) is 6.36. The van der Waals surface area contributed by atoms with Gasteiger partial charge >= 0.3 is 37.7 Å². The van der Waals surface area contributed by atoms with Gasteiger partial charge in [0.1, 0.15) is 0 Å². The Morgan fingerprint density at radius 2 is 1.20 bits per heavy atom. The molecule has 0 aliphatic carbocycles. The summed E-state index contributed by atoms with van der Waals surface area (Å²) in [6.45, 7) is 2.89. The van der Waals surface area contributed by atoms with Crippen molar-refractivity contribution in [3.63, 3.8) is 0 Å². The molecule has 84 valence electrons. The number of hydrogen-bond donors (Lipinski definition) is 4. The second-order valence-corrected chi connectivity index (χ2v) is 2.45. The number of hydrogen-bond acceptors (Lipinski definition) is 8. The Balaban J connectivity index is -0.000000180. The van der Waals surface area contributed by atoms with Gasteiger partial charge in [-0.25, -0.2) is 0 Å². The van der Waals surface area contributed by atoms with E-state index in [0.717, 1.165) is 0 Å². The molecule has 0 radical (unpaired) electrons. The molecule has 0 aromatic rings. The molecule has 8 nitrogen and oxygen atoms in total. The van der Waals surface area contributed by atoms with Crippen molar-refractivity contribution in [3.8, 4) is 0 Å². The first-order valence-electron chi connectivity index (χ1n) is 3.65. The molecule has 0 heterocycles. The molecule has 0 aliphatic heterocycles. The second kappa shape index (κ2) is 11.8. The first-order valence-corrected chi connectivity index (χ1v) is 3.65. The van der Waals surface area contributed by atoms with Crippen LogP contribution in [0.4, 0.5) is 0 Å². The normalized spacial score (nSPS) is 15.5. The van der Waals surface area contributed by atoms with E-state index in [1.807, 2.05) is 0 Å². The maximum Gasteiger partial charge on any atom is 2.00 e. The molecule has 0 rings (SSSR count). The van der Waals surface area contributed by atoms with Gasteiger partial charge in [0.25, 0.3) is 0 Å². The zero-order valence-electron chi connectivity index (χ0n) is 8.62. The molecule has 0 aromatic carbocycles. The van der Waals surface area contributed by atoms with Crippen LogP contribution in [0.15, 0.2) is 10.3 Å². The van der Waals surface area contributed by atoms with E-state index >= 15 is 0 Å². The molecule has 0 amide bonds. The molecule has 2 atom stereocenters. The summed E-state index contributed by atoms with van der Waals surface area (Å²) >= 11 is 0. The molecule has 0 saturated heterocycles. The second-order valence-electron chi connectivity index (χ2n) is 2.45. The van der Waals surface area contributed by atoms with Gasteiger partial charge in [0.05, 0.1) is 0 Å². The Labute approximate surface area is 117 Å². The monoisotopic (exact) mass is 246 g/mol. The van der Waals surface area contributed by atoms with Crippen molar-refractivity contribution < 1.29 is 20.6 Å². The molecule has 0 fully saturated rings. The zero-order valence-corrected chi connectivity index (χ0v) is 10.8. The third kappa shape index (κ3) is 13.7. The molecule has 6 N–H and O–H groups in total. The fourth-order valence-corrected chi connectivity index (χ4v) is 0.182. The van der Waals surface area contributed by atoms with Gasteiger partial charge in [-0.2, -0.15) is 0 Å². The minimum atomic E-state index is -0.694. The van der Waals surface area contributed by atoms with Crippen LogP contribution in [0, 0.1) is 0 Å². The van der Waals surface area contributed by atoms with Gasteiger partial charge in [0.15, 0.2) is 0 Å². The van der Waals surface area contributed by atoms with E-state index in [1.165, 1.54) is 13.8 Å². The Hall–Kier alpha value is -0.280. The maximum absolute atomic E-state index is 9.97. The van der Waals surface area contributed by atoms with Crippen LogP contribution in [0.3, 0.4) is 0 Å². The summed E-state index contributed by atoms with van der Waals surface area (Å²) in [5, 5.41) is 40.0. The van der Waals surface area contributed by atoms with E-state index in [-0.39, 0.29) is 37.7 Å². The van der Waals surface area contributed by atoms with Crippen molar-refractivity contribution in [1.82, 2.24) is 0 Å². The van der Waals surface area contributed by atoms with E-state index in [0.29, 0.717) is 0 Å². The van der Waals surface area contributed by atoms with Crippen LogP contribution in [0.25, 0.3) is 0 Å². The molecule has 9 heteroatoms. The van der Waals surface area contributed by atoms with E-state index in [9.17, 15) is 10.2 Å². The maximum atomic E-state index is 9.97. The van der Waals surface area contributed by atoms with E-state index in [1.54, 1.807) is 0 Å². The van der Waals surface area contributed by atoms with Gasteiger partial charge in [-0.05, 0) is 13.8 Å². The van der Waals surface area contributed by atoms with Crippen LogP contribution in [-0.2, 0) is 0 Å². The van der Waals surface area contributed by atoms with Crippen molar-refractivity contribution in [3.05, 3.63) is 0 Å². The molecule has 0 spiro atoms. The quantitative estimate of drug-likeness (QED) is 0.130. The first kappa shape index (κ1) is 20.2. The van der Waals surface area contributed by atoms with Crippen LogP contribution in [0.1, 0.15) is 13.8 Å². The number of oxime groups is 2.